The first-order valence-electron chi connectivity index (χ1n) is 9.32. The zero-order chi connectivity index (χ0) is 19.1. The molecule has 1 aliphatic carbocycles. The molecule has 2 heteroatoms. The fraction of sp³-hybridized carbons (Fsp3) is 0.250. The molecular weight excluding hydrogens is 344 g/mol. The van der Waals surface area contributed by atoms with E-state index < -0.39 is 16.1 Å². The molecule has 1 radical (unpaired) electrons. The van der Waals surface area contributed by atoms with Crippen LogP contribution in [0.5, 0.6) is 0 Å². The van der Waals surface area contributed by atoms with Gasteiger partial charge >= 0.3 is 0 Å². The lowest BCUT2D eigenvalue weighted by molar-refractivity contribution is 1.59. The SMILES string of the molecule is C=C1[C]=C(c2ccc([Si](C)(C)C)cc2)C(c2ccc([Si](C)(C)C)cc2)=C1. The summed E-state index contributed by atoms with van der Waals surface area (Å²) in [5.74, 6) is 0. The van der Waals surface area contributed by atoms with E-state index in [-0.39, 0.29) is 0 Å². The zero-order valence-corrected chi connectivity index (χ0v) is 18.9. The molecule has 1 aliphatic rings. The summed E-state index contributed by atoms with van der Waals surface area (Å²) in [6.07, 6.45) is 5.63. The van der Waals surface area contributed by atoms with Crippen molar-refractivity contribution in [3.8, 4) is 0 Å². The highest BCUT2D eigenvalue weighted by Gasteiger charge is 2.20. The number of benzene rings is 2. The molecule has 0 aliphatic heterocycles. The molecule has 0 fully saturated rings. The lowest BCUT2D eigenvalue weighted by Crippen LogP contribution is -2.37. The van der Waals surface area contributed by atoms with Gasteiger partial charge in [-0.1, -0.05) is 105 Å². The second-order valence-corrected chi connectivity index (χ2v) is 19.4. The van der Waals surface area contributed by atoms with E-state index in [9.17, 15) is 0 Å². The van der Waals surface area contributed by atoms with Crippen molar-refractivity contribution >= 4 is 37.7 Å². The Bertz CT molecular complexity index is 806. The maximum absolute atomic E-state index is 4.12. The van der Waals surface area contributed by atoms with Gasteiger partial charge in [-0.25, -0.2) is 0 Å². The Kier molecular flexibility index (Phi) is 4.85. The van der Waals surface area contributed by atoms with Crippen LogP contribution in [0.4, 0.5) is 0 Å². The summed E-state index contributed by atoms with van der Waals surface area (Å²) in [6.45, 7) is 18.4. The van der Waals surface area contributed by atoms with E-state index in [1.54, 1.807) is 0 Å². The van der Waals surface area contributed by atoms with Gasteiger partial charge < -0.3 is 0 Å². The standard InChI is InChI=1S/C24H29Si2/c1-18-16-23(19-8-12-21(13-9-19)25(2,3)4)24(17-18)20-10-14-22(15-11-20)26(5,6)7/h8-16H,1H2,2-7H3. The fourth-order valence-electron chi connectivity index (χ4n) is 3.25. The van der Waals surface area contributed by atoms with Crippen LogP contribution in [0.1, 0.15) is 11.1 Å². The third kappa shape index (κ3) is 3.92. The lowest BCUT2D eigenvalue weighted by Gasteiger charge is -2.18. The number of hydrogen-bond donors (Lipinski definition) is 0. The van der Waals surface area contributed by atoms with Gasteiger partial charge in [-0.05, 0) is 40.0 Å². The lowest BCUT2D eigenvalue weighted by atomic mass is 9.95. The Morgan fingerprint density at radius 2 is 1.08 bits per heavy atom. The first-order valence-corrected chi connectivity index (χ1v) is 16.3. The molecule has 2 aromatic carbocycles. The average molecular weight is 374 g/mol. The Hall–Kier alpha value is -1.91. The minimum Gasteiger partial charge on any atom is -0.0911 e. The topological polar surface area (TPSA) is 0 Å². The second kappa shape index (κ2) is 6.68. The van der Waals surface area contributed by atoms with Crippen LogP contribution in [-0.4, -0.2) is 16.1 Å². The van der Waals surface area contributed by atoms with Gasteiger partial charge in [0.25, 0.3) is 0 Å². The molecular formula is C24H29Si2. The molecule has 133 valence electrons. The van der Waals surface area contributed by atoms with Gasteiger partial charge in [-0.2, -0.15) is 0 Å². The van der Waals surface area contributed by atoms with Crippen LogP contribution in [0.25, 0.3) is 11.1 Å². The van der Waals surface area contributed by atoms with Crippen LogP contribution < -0.4 is 10.4 Å². The molecule has 0 heterocycles. The molecule has 0 atom stereocenters. The Morgan fingerprint density at radius 3 is 1.50 bits per heavy atom. The van der Waals surface area contributed by atoms with Gasteiger partial charge in [0.15, 0.2) is 0 Å². The third-order valence-corrected chi connectivity index (χ3v) is 9.11. The van der Waals surface area contributed by atoms with E-state index in [0.29, 0.717) is 0 Å². The molecule has 0 unspecified atom stereocenters. The maximum atomic E-state index is 4.12. The molecule has 0 saturated heterocycles. The van der Waals surface area contributed by atoms with Crippen molar-refractivity contribution in [2.75, 3.05) is 0 Å². The molecule has 0 amide bonds. The monoisotopic (exact) mass is 373 g/mol. The van der Waals surface area contributed by atoms with Gasteiger partial charge in [0.05, 0.1) is 16.1 Å². The predicted molar refractivity (Wildman–Crippen MR) is 123 cm³/mol. The van der Waals surface area contributed by atoms with Crippen molar-refractivity contribution in [2.45, 2.75) is 39.3 Å². The molecule has 0 bridgehead atoms. The highest BCUT2D eigenvalue weighted by Crippen LogP contribution is 2.37. The fourth-order valence-corrected chi connectivity index (χ4v) is 5.59. The average Bonchev–Trinajstić information content (AvgIpc) is 2.95. The van der Waals surface area contributed by atoms with Gasteiger partial charge in [0.2, 0.25) is 0 Å². The highest BCUT2D eigenvalue weighted by molar-refractivity contribution is 6.89. The minimum atomic E-state index is -1.27. The summed E-state index contributed by atoms with van der Waals surface area (Å²) in [5, 5.41) is 2.98. The van der Waals surface area contributed by atoms with Crippen molar-refractivity contribution < 1.29 is 0 Å². The van der Waals surface area contributed by atoms with E-state index >= 15 is 0 Å². The molecule has 0 spiro atoms. The van der Waals surface area contributed by atoms with Gasteiger partial charge in [-0.3, -0.25) is 0 Å². The molecule has 26 heavy (non-hydrogen) atoms. The van der Waals surface area contributed by atoms with E-state index in [0.717, 1.165) is 11.1 Å². The van der Waals surface area contributed by atoms with E-state index in [2.05, 4.69) is 107 Å². The third-order valence-electron chi connectivity index (χ3n) is 4.97. The maximum Gasteiger partial charge on any atom is 0.0775 e. The summed E-state index contributed by atoms with van der Waals surface area (Å²) in [6, 6.07) is 18.2. The molecule has 3 rings (SSSR count). The van der Waals surface area contributed by atoms with E-state index in [1.807, 2.05) is 0 Å². The van der Waals surface area contributed by atoms with Crippen molar-refractivity contribution in [3.63, 3.8) is 0 Å². The Labute approximate surface area is 161 Å². The molecule has 0 aromatic heterocycles. The summed E-state index contributed by atoms with van der Waals surface area (Å²) >= 11 is 0. The number of hydrogen-bond acceptors (Lipinski definition) is 0. The summed E-state index contributed by atoms with van der Waals surface area (Å²) in [5.41, 5.74) is 5.84. The van der Waals surface area contributed by atoms with Crippen molar-refractivity contribution in [3.05, 3.63) is 84.0 Å². The first-order chi connectivity index (χ1) is 12.1. The molecule has 0 nitrogen and oxygen atoms in total. The highest BCUT2D eigenvalue weighted by atomic mass is 28.3. The van der Waals surface area contributed by atoms with Gasteiger partial charge in [0.1, 0.15) is 0 Å². The summed E-state index contributed by atoms with van der Waals surface area (Å²) in [4.78, 5) is 0. The predicted octanol–water partition coefficient (Wildman–Crippen LogP) is 5.62. The molecule has 2 aromatic rings. The number of allylic oxidation sites excluding steroid dienone is 5. The van der Waals surface area contributed by atoms with Crippen LogP contribution in [0, 0.1) is 6.08 Å². The van der Waals surface area contributed by atoms with Crippen LogP contribution >= 0.6 is 0 Å². The van der Waals surface area contributed by atoms with Crippen LogP contribution in [0.15, 0.2) is 66.8 Å². The largest absolute Gasteiger partial charge is 0.0911 e. The normalized spacial score (nSPS) is 15.1. The Balaban J connectivity index is 1.95. The van der Waals surface area contributed by atoms with Gasteiger partial charge in [0, 0.05) is 0 Å². The smallest absolute Gasteiger partial charge is 0.0775 e. The first kappa shape index (κ1) is 18.9. The molecule has 0 N–H and O–H groups in total. The second-order valence-electron chi connectivity index (χ2n) is 9.24. The Morgan fingerprint density at radius 1 is 0.654 bits per heavy atom. The van der Waals surface area contributed by atoms with Crippen LogP contribution in [0.3, 0.4) is 0 Å². The number of rotatable bonds is 4. The van der Waals surface area contributed by atoms with Crippen molar-refractivity contribution in [2.24, 2.45) is 0 Å². The summed E-state index contributed by atoms with van der Waals surface area (Å²) < 4.78 is 0. The zero-order valence-electron chi connectivity index (χ0n) is 16.9. The quantitative estimate of drug-likeness (QED) is 0.610. The van der Waals surface area contributed by atoms with Crippen LogP contribution in [0.2, 0.25) is 39.3 Å². The minimum absolute atomic E-state index is 0.957. The molecule has 0 saturated carbocycles. The van der Waals surface area contributed by atoms with E-state index in [4.69, 9.17) is 0 Å². The van der Waals surface area contributed by atoms with Crippen molar-refractivity contribution in [1.29, 1.82) is 0 Å². The van der Waals surface area contributed by atoms with Crippen LogP contribution in [-0.2, 0) is 0 Å². The van der Waals surface area contributed by atoms with Gasteiger partial charge in [-0.15, -0.1) is 0 Å². The van der Waals surface area contributed by atoms with Crippen molar-refractivity contribution in [1.82, 2.24) is 0 Å². The van der Waals surface area contributed by atoms with E-state index in [1.165, 1.54) is 27.1 Å². The summed E-state index contributed by atoms with van der Waals surface area (Å²) in [7, 11) is -2.54.